The minimum atomic E-state index is -0.130. The van der Waals surface area contributed by atoms with Crippen LogP contribution in [0.3, 0.4) is 0 Å². The van der Waals surface area contributed by atoms with Crippen molar-refractivity contribution in [1.82, 2.24) is 10.2 Å². The van der Waals surface area contributed by atoms with E-state index < -0.39 is 0 Å². The molecule has 1 aromatic carbocycles. The van der Waals surface area contributed by atoms with Crippen molar-refractivity contribution in [2.24, 2.45) is 0 Å². The van der Waals surface area contributed by atoms with Crippen molar-refractivity contribution in [3.63, 3.8) is 0 Å². The molecular formula is C16H14N2OS2. The number of amides is 1. The standard InChI is InChI=1S/C16H14N2OS2/c19-15-14(10-12-4-2-1-3-5-12)18(16(20)17-15)8-6-13-7-9-21-11-13/h1-5,7,9-11H,6,8H2,(H,17,19,20)/b14-10+. The van der Waals surface area contributed by atoms with Crippen LogP contribution in [0.15, 0.2) is 52.9 Å². The number of carbonyl (C=O) groups excluding carboxylic acids is 1. The Bertz CT molecular complexity index is 678. The van der Waals surface area contributed by atoms with E-state index >= 15 is 0 Å². The van der Waals surface area contributed by atoms with Crippen molar-refractivity contribution in [3.8, 4) is 0 Å². The van der Waals surface area contributed by atoms with E-state index in [1.54, 1.807) is 11.3 Å². The first-order valence-electron chi connectivity index (χ1n) is 6.65. The quantitative estimate of drug-likeness (QED) is 0.695. The zero-order valence-corrected chi connectivity index (χ0v) is 12.9. The van der Waals surface area contributed by atoms with Crippen LogP contribution < -0.4 is 5.32 Å². The SMILES string of the molecule is O=C1NC(=S)N(CCc2ccsc2)/C1=C/c1ccccc1. The lowest BCUT2D eigenvalue weighted by Crippen LogP contribution is -2.29. The van der Waals surface area contributed by atoms with Gasteiger partial charge < -0.3 is 4.90 Å². The molecule has 106 valence electrons. The van der Waals surface area contributed by atoms with Crippen LogP contribution in [0.25, 0.3) is 6.08 Å². The van der Waals surface area contributed by atoms with E-state index in [1.807, 2.05) is 41.3 Å². The summed E-state index contributed by atoms with van der Waals surface area (Å²) in [5, 5.41) is 7.38. The van der Waals surface area contributed by atoms with Gasteiger partial charge >= 0.3 is 0 Å². The molecule has 1 N–H and O–H groups in total. The number of hydrogen-bond acceptors (Lipinski definition) is 3. The summed E-state index contributed by atoms with van der Waals surface area (Å²) in [4.78, 5) is 13.9. The molecular weight excluding hydrogens is 300 g/mol. The molecule has 1 amide bonds. The molecule has 0 aliphatic carbocycles. The Morgan fingerprint density at radius 2 is 2.05 bits per heavy atom. The number of thiocarbonyl (C=S) groups is 1. The molecule has 1 fully saturated rings. The maximum absolute atomic E-state index is 12.1. The number of benzene rings is 1. The van der Waals surface area contributed by atoms with Gasteiger partial charge in [0.05, 0.1) is 0 Å². The normalized spacial score (nSPS) is 16.6. The summed E-state index contributed by atoms with van der Waals surface area (Å²) in [6.45, 7) is 0.701. The monoisotopic (exact) mass is 314 g/mol. The molecule has 0 atom stereocenters. The molecule has 0 radical (unpaired) electrons. The fourth-order valence-electron chi connectivity index (χ4n) is 2.21. The highest BCUT2D eigenvalue weighted by Crippen LogP contribution is 2.18. The van der Waals surface area contributed by atoms with Crippen LogP contribution >= 0.6 is 23.6 Å². The number of nitrogens with zero attached hydrogens (tertiary/aromatic N) is 1. The summed E-state index contributed by atoms with van der Waals surface area (Å²) < 4.78 is 0. The zero-order valence-electron chi connectivity index (χ0n) is 11.3. The molecule has 5 heteroatoms. The number of nitrogens with one attached hydrogen (secondary N) is 1. The Morgan fingerprint density at radius 1 is 1.24 bits per heavy atom. The molecule has 3 nitrogen and oxygen atoms in total. The summed E-state index contributed by atoms with van der Waals surface area (Å²) >= 11 is 6.94. The van der Waals surface area contributed by atoms with Gasteiger partial charge in [-0.2, -0.15) is 11.3 Å². The second-order valence-corrected chi connectivity index (χ2v) is 5.90. The maximum atomic E-state index is 12.1. The molecule has 2 aromatic rings. The van der Waals surface area contributed by atoms with E-state index in [0.29, 0.717) is 17.4 Å². The molecule has 0 saturated carbocycles. The minimum absolute atomic E-state index is 0.130. The van der Waals surface area contributed by atoms with Crippen molar-refractivity contribution in [1.29, 1.82) is 0 Å². The van der Waals surface area contributed by atoms with Crippen molar-refractivity contribution < 1.29 is 4.79 Å². The summed E-state index contributed by atoms with van der Waals surface area (Å²) in [6.07, 6.45) is 2.74. The van der Waals surface area contributed by atoms with E-state index in [9.17, 15) is 4.79 Å². The largest absolute Gasteiger partial charge is 0.314 e. The maximum Gasteiger partial charge on any atom is 0.274 e. The Balaban J connectivity index is 1.81. The predicted octanol–water partition coefficient (Wildman–Crippen LogP) is 3.05. The predicted molar refractivity (Wildman–Crippen MR) is 89.9 cm³/mol. The van der Waals surface area contributed by atoms with E-state index in [4.69, 9.17) is 12.2 Å². The summed E-state index contributed by atoms with van der Waals surface area (Å²) in [5.41, 5.74) is 2.87. The van der Waals surface area contributed by atoms with E-state index in [0.717, 1.165) is 12.0 Å². The number of hydrogen-bond donors (Lipinski definition) is 1. The van der Waals surface area contributed by atoms with Crippen LogP contribution in [0.4, 0.5) is 0 Å². The van der Waals surface area contributed by atoms with Gasteiger partial charge in [-0.15, -0.1) is 0 Å². The van der Waals surface area contributed by atoms with Crippen LogP contribution in [-0.2, 0) is 11.2 Å². The molecule has 3 rings (SSSR count). The van der Waals surface area contributed by atoms with E-state index in [2.05, 4.69) is 22.1 Å². The Kier molecular flexibility index (Phi) is 4.13. The van der Waals surface area contributed by atoms with Crippen LogP contribution in [0, 0.1) is 0 Å². The van der Waals surface area contributed by atoms with Gasteiger partial charge in [0.25, 0.3) is 5.91 Å². The third-order valence-electron chi connectivity index (χ3n) is 3.30. The topological polar surface area (TPSA) is 32.3 Å². The van der Waals surface area contributed by atoms with Crippen LogP contribution in [0.5, 0.6) is 0 Å². The molecule has 0 spiro atoms. The molecule has 2 heterocycles. The fraction of sp³-hybridized carbons (Fsp3) is 0.125. The first kappa shape index (κ1) is 14.0. The average molecular weight is 314 g/mol. The third-order valence-corrected chi connectivity index (χ3v) is 4.35. The molecule has 1 aliphatic rings. The fourth-order valence-corrected chi connectivity index (χ4v) is 3.19. The van der Waals surface area contributed by atoms with Crippen molar-refractivity contribution >= 4 is 40.7 Å². The van der Waals surface area contributed by atoms with Gasteiger partial charge in [0, 0.05) is 6.54 Å². The number of carbonyl (C=O) groups is 1. The van der Waals surface area contributed by atoms with Crippen LogP contribution in [0.1, 0.15) is 11.1 Å². The number of thiophene rings is 1. The van der Waals surface area contributed by atoms with Crippen LogP contribution in [-0.4, -0.2) is 22.5 Å². The second-order valence-electron chi connectivity index (χ2n) is 4.73. The van der Waals surface area contributed by atoms with E-state index in [1.165, 1.54) is 5.56 Å². The second kappa shape index (κ2) is 6.20. The lowest BCUT2D eigenvalue weighted by atomic mass is 10.1. The highest BCUT2D eigenvalue weighted by atomic mass is 32.1. The van der Waals surface area contributed by atoms with Gasteiger partial charge in [-0.05, 0) is 52.7 Å². The molecule has 0 bridgehead atoms. The average Bonchev–Trinajstić information content (AvgIpc) is 3.08. The zero-order chi connectivity index (χ0) is 14.7. The molecule has 0 unspecified atom stereocenters. The summed E-state index contributed by atoms with van der Waals surface area (Å²) in [6, 6.07) is 11.9. The highest BCUT2D eigenvalue weighted by molar-refractivity contribution is 7.80. The lowest BCUT2D eigenvalue weighted by molar-refractivity contribution is -0.115. The van der Waals surface area contributed by atoms with Gasteiger partial charge in [-0.1, -0.05) is 30.3 Å². The van der Waals surface area contributed by atoms with Gasteiger partial charge in [0.15, 0.2) is 5.11 Å². The van der Waals surface area contributed by atoms with Crippen molar-refractivity contribution in [3.05, 3.63) is 64.0 Å². The van der Waals surface area contributed by atoms with Crippen LogP contribution in [0.2, 0.25) is 0 Å². The molecule has 1 aromatic heterocycles. The minimum Gasteiger partial charge on any atom is -0.314 e. The first-order valence-corrected chi connectivity index (χ1v) is 8.00. The Labute approximate surface area is 132 Å². The van der Waals surface area contributed by atoms with Gasteiger partial charge in [-0.3, -0.25) is 10.1 Å². The molecule has 21 heavy (non-hydrogen) atoms. The van der Waals surface area contributed by atoms with Gasteiger partial charge in [0.1, 0.15) is 5.70 Å². The first-order chi connectivity index (χ1) is 10.2. The Hall–Kier alpha value is -1.98. The smallest absolute Gasteiger partial charge is 0.274 e. The third kappa shape index (κ3) is 3.20. The Morgan fingerprint density at radius 3 is 2.76 bits per heavy atom. The highest BCUT2D eigenvalue weighted by Gasteiger charge is 2.29. The van der Waals surface area contributed by atoms with Gasteiger partial charge in [0.2, 0.25) is 0 Å². The van der Waals surface area contributed by atoms with Crippen molar-refractivity contribution in [2.75, 3.05) is 6.54 Å². The lowest BCUT2D eigenvalue weighted by Gasteiger charge is -2.17. The van der Waals surface area contributed by atoms with Crippen molar-refractivity contribution in [2.45, 2.75) is 6.42 Å². The molecule has 1 aliphatic heterocycles. The summed E-state index contributed by atoms with van der Waals surface area (Å²) in [7, 11) is 0. The van der Waals surface area contributed by atoms with Gasteiger partial charge in [-0.25, -0.2) is 0 Å². The number of rotatable bonds is 4. The molecule has 1 saturated heterocycles. The van der Waals surface area contributed by atoms with E-state index in [-0.39, 0.29) is 5.91 Å². The summed E-state index contributed by atoms with van der Waals surface area (Å²) in [5.74, 6) is -0.130.